The van der Waals surface area contributed by atoms with Crippen LogP contribution >= 0.6 is 0 Å². The van der Waals surface area contributed by atoms with Gasteiger partial charge < -0.3 is 37.2 Å². The number of hydrogen-bond donors (Lipinski definition) is 1. The van der Waals surface area contributed by atoms with Crippen molar-refractivity contribution in [1.82, 2.24) is 6.15 Å². The molecule has 9 nitrogen and oxygen atoms in total. The second-order valence-electron chi connectivity index (χ2n) is 0.408. The molecule has 11 heteroatoms. The normalized spacial score (nSPS) is 5.27. The van der Waals surface area contributed by atoms with Crippen LogP contribution in [0.3, 0.4) is 0 Å². The fourth-order valence-electron chi connectivity index (χ4n) is 0. The van der Waals surface area contributed by atoms with E-state index in [2.05, 4.69) is 0 Å². The third kappa shape index (κ3) is 825. The molecular formula is H12CeNO8S+3. The van der Waals surface area contributed by atoms with E-state index in [4.69, 9.17) is 17.5 Å². The SMILES string of the molecule is O.O.O.O.O=S(=O)([O-])[O-].[Ce+4].[NH4+]. The van der Waals surface area contributed by atoms with Crippen molar-refractivity contribution in [3.8, 4) is 0 Å². The second-order valence-corrected chi connectivity index (χ2v) is 1.22. The molecule has 12 N–H and O–H groups in total. The average molecular weight is 326 g/mol. The first-order valence-corrected chi connectivity index (χ1v) is 2.00. The predicted molar refractivity (Wildman–Crippen MR) is 30.9 cm³/mol. The van der Waals surface area contributed by atoms with E-state index >= 15 is 0 Å². The minimum absolute atomic E-state index is 0. The largest absolute Gasteiger partial charge is 4.00 e. The Labute approximate surface area is 96.9 Å². The van der Waals surface area contributed by atoms with Crippen LogP contribution in [0, 0.1) is 41.7 Å². The zero-order chi connectivity index (χ0) is 4.50. The third-order valence-electron chi connectivity index (χ3n) is 0. The van der Waals surface area contributed by atoms with Crippen LogP contribution in [0.15, 0.2) is 0 Å². The van der Waals surface area contributed by atoms with Crippen LogP contribution in [0.5, 0.6) is 0 Å². The molecule has 0 amide bonds. The van der Waals surface area contributed by atoms with Crippen molar-refractivity contribution in [3.05, 3.63) is 0 Å². The van der Waals surface area contributed by atoms with E-state index in [1.165, 1.54) is 0 Å². The van der Waals surface area contributed by atoms with E-state index < -0.39 is 10.4 Å². The van der Waals surface area contributed by atoms with Crippen LogP contribution in [-0.4, -0.2) is 39.4 Å². The topological polar surface area (TPSA) is 243 Å². The van der Waals surface area contributed by atoms with Crippen LogP contribution in [0.25, 0.3) is 0 Å². The molecule has 0 aliphatic carbocycles. The van der Waals surface area contributed by atoms with Crippen LogP contribution in [0.2, 0.25) is 0 Å². The van der Waals surface area contributed by atoms with Crippen molar-refractivity contribution in [2.24, 2.45) is 0 Å². The molecule has 0 spiro atoms. The van der Waals surface area contributed by atoms with Gasteiger partial charge in [-0.1, -0.05) is 0 Å². The van der Waals surface area contributed by atoms with E-state index in [0.717, 1.165) is 0 Å². The summed E-state index contributed by atoms with van der Waals surface area (Å²) in [4.78, 5) is 0. The summed E-state index contributed by atoms with van der Waals surface area (Å²) in [5.41, 5.74) is 0. The molecule has 0 heterocycles. The van der Waals surface area contributed by atoms with E-state index in [-0.39, 0.29) is 69.8 Å². The van der Waals surface area contributed by atoms with Gasteiger partial charge in [0.15, 0.2) is 0 Å². The van der Waals surface area contributed by atoms with Gasteiger partial charge in [0, 0.05) is 10.4 Å². The van der Waals surface area contributed by atoms with Gasteiger partial charge in [0.2, 0.25) is 0 Å². The molecule has 0 aromatic rings. The Morgan fingerprint density at radius 2 is 0.818 bits per heavy atom. The Morgan fingerprint density at radius 1 is 0.818 bits per heavy atom. The van der Waals surface area contributed by atoms with Crippen molar-refractivity contribution in [2.75, 3.05) is 0 Å². The molecule has 0 bridgehead atoms. The molecule has 0 rings (SSSR count). The first kappa shape index (κ1) is 57.7. The van der Waals surface area contributed by atoms with Crippen LogP contribution in [0.4, 0.5) is 0 Å². The van der Waals surface area contributed by atoms with Gasteiger partial charge in [0.1, 0.15) is 0 Å². The molecule has 0 aromatic heterocycles. The van der Waals surface area contributed by atoms with Gasteiger partial charge in [-0.3, -0.25) is 8.42 Å². The Morgan fingerprint density at radius 3 is 0.818 bits per heavy atom. The number of quaternary nitrogens is 1. The van der Waals surface area contributed by atoms with Crippen molar-refractivity contribution >= 4 is 10.4 Å². The van der Waals surface area contributed by atoms with Crippen molar-refractivity contribution < 1.29 is 81.2 Å². The van der Waals surface area contributed by atoms with Crippen molar-refractivity contribution in [2.45, 2.75) is 0 Å². The molecule has 0 aromatic carbocycles. The van der Waals surface area contributed by atoms with Gasteiger partial charge in [0.25, 0.3) is 0 Å². The molecule has 0 aliphatic heterocycles. The summed E-state index contributed by atoms with van der Waals surface area (Å²) in [7, 11) is -5.17. The zero-order valence-corrected chi connectivity index (χ0v) is 9.50. The standard InChI is InChI=1S/Ce.H3N.H2O4S.4H2O/c;;1-5(2,3)4;;;;/h;1H3;(H2,1,2,3,4);4*1H2/q+4;;;;;;/p-1. The molecule has 0 aliphatic rings. The third-order valence-corrected chi connectivity index (χ3v) is 0. The molecule has 0 unspecified atom stereocenters. The quantitative estimate of drug-likeness (QED) is 0.343. The fraction of sp³-hybridized carbons (Fsp3) is 0. The van der Waals surface area contributed by atoms with Crippen LogP contribution in [-0.2, 0) is 10.4 Å². The van der Waals surface area contributed by atoms with Gasteiger partial charge >= 0.3 is 41.7 Å². The number of rotatable bonds is 0. The van der Waals surface area contributed by atoms with Gasteiger partial charge in [-0.15, -0.1) is 0 Å². The smallest absolute Gasteiger partial charge is 0.759 e. The summed E-state index contributed by atoms with van der Waals surface area (Å²) in [6.45, 7) is 0. The predicted octanol–water partition coefficient (Wildman–Crippen LogP) is -4.26. The van der Waals surface area contributed by atoms with Gasteiger partial charge in [-0.2, -0.15) is 0 Å². The maximum Gasteiger partial charge on any atom is 4.00 e. The Hall–Kier alpha value is 1.05. The summed E-state index contributed by atoms with van der Waals surface area (Å²) < 4.78 is 34.1. The molecular weight excluding hydrogens is 314 g/mol. The summed E-state index contributed by atoms with van der Waals surface area (Å²) in [5, 5.41) is 0. The molecule has 0 fully saturated rings. The maximum absolute atomic E-state index is 8.52. The zero-order valence-electron chi connectivity index (χ0n) is 5.54. The molecule has 72 valence electrons. The Balaban J connectivity index is -0.00000000533. The van der Waals surface area contributed by atoms with Gasteiger partial charge in [-0.25, -0.2) is 0 Å². The Kier molecular flexibility index (Phi) is 118. The van der Waals surface area contributed by atoms with E-state index in [9.17, 15) is 0 Å². The summed E-state index contributed by atoms with van der Waals surface area (Å²) in [5.74, 6) is 0. The minimum Gasteiger partial charge on any atom is -0.759 e. The molecule has 0 atom stereocenters. The van der Waals surface area contributed by atoms with Crippen LogP contribution in [0.1, 0.15) is 0 Å². The Bertz CT molecular complexity index is 97.3. The summed E-state index contributed by atoms with van der Waals surface area (Å²) >= 11 is 0. The van der Waals surface area contributed by atoms with E-state index in [1.54, 1.807) is 0 Å². The van der Waals surface area contributed by atoms with Gasteiger partial charge in [-0.05, 0) is 0 Å². The average Bonchev–Trinajstić information content (AvgIpc) is 0.722. The molecule has 0 saturated heterocycles. The van der Waals surface area contributed by atoms with Gasteiger partial charge in [0.05, 0.1) is 0 Å². The monoisotopic (exact) mass is 326 g/mol. The second kappa shape index (κ2) is 22.5. The molecule has 11 heavy (non-hydrogen) atoms. The number of hydrogen-bond acceptors (Lipinski definition) is 4. The minimum atomic E-state index is -5.17. The van der Waals surface area contributed by atoms with Crippen LogP contribution < -0.4 is 6.15 Å². The van der Waals surface area contributed by atoms with E-state index in [1.807, 2.05) is 0 Å². The molecule has 0 radical (unpaired) electrons. The van der Waals surface area contributed by atoms with Crippen molar-refractivity contribution in [1.29, 1.82) is 0 Å². The first-order chi connectivity index (χ1) is 2.00. The molecule has 0 saturated carbocycles. The fourth-order valence-corrected chi connectivity index (χ4v) is 0. The first-order valence-electron chi connectivity index (χ1n) is 0.667. The van der Waals surface area contributed by atoms with E-state index in [0.29, 0.717) is 0 Å². The van der Waals surface area contributed by atoms with Crippen molar-refractivity contribution in [3.63, 3.8) is 0 Å². The summed E-state index contributed by atoms with van der Waals surface area (Å²) in [6.07, 6.45) is 0. The maximum atomic E-state index is 8.52. The summed E-state index contributed by atoms with van der Waals surface area (Å²) in [6, 6.07) is 0.